The van der Waals surface area contributed by atoms with E-state index in [1.54, 1.807) is 18.2 Å². The van der Waals surface area contributed by atoms with Crippen molar-refractivity contribution in [3.63, 3.8) is 0 Å². The standard InChI is InChI=1S/C18H21ClN2O2/c19-15-2-1-13(6-14(15)16(20)22)21-17(23)18-7-10-3-11(8-18)5-12(4-10)9-18/h1-2,6,10-12H,3-5,7-9H2,(H2,20,22)(H,21,23). The molecule has 5 rings (SSSR count). The normalized spacial score (nSPS) is 34.4. The van der Waals surface area contributed by atoms with Gasteiger partial charge in [0.05, 0.1) is 16.0 Å². The molecule has 23 heavy (non-hydrogen) atoms. The first-order valence-corrected chi connectivity index (χ1v) is 8.74. The SMILES string of the molecule is NC(=O)c1cc(NC(=O)C23CC4CC(CC(C4)C2)C3)ccc1Cl. The van der Waals surface area contributed by atoms with Crippen LogP contribution in [0.15, 0.2) is 18.2 Å². The van der Waals surface area contributed by atoms with E-state index >= 15 is 0 Å². The molecule has 1 aromatic carbocycles. The number of amides is 2. The third-order valence-electron chi connectivity index (χ3n) is 6.01. The fraction of sp³-hybridized carbons (Fsp3) is 0.556. The highest BCUT2D eigenvalue weighted by atomic mass is 35.5. The first-order chi connectivity index (χ1) is 10.9. The van der Waals surface area contributed by atoms with Crippen molar-refractivity contribution in [2.24, 2.45) is 28.9 Å². The second-order valence-corrected chi connectivity index (χ2v) is 8.12. The highest BCUT2D eigenvalue weighted by Gasteiger charge is 2.54. The van der Waals surface area contributed by atoms with Gasteiger partial charge in [0.15, 0.2) is 0 Å². The van der Waals surface area contributed by atoms with Crippen LogP contribution < -0.4 is 11.1 Å². The van der Waals surface area contributed by atoms with Crippen molar-refractivity contribution in [1.82, 2.24) is 0 Å². The molecule has 4 aliphatic carbocycles. The van der Waals surface area contributed by atoms with E-state index in [4.69, 9.17) is 17.3 Å². The van der Waals surface area contributed by atoms with Crippen molar-refractivity contribution in [1.29, 1.82) is 0 Å². The van der Waals surface area contributed by atoms with Gasteiger partial charge in [-0.2, -0.15) is 0 Å². The first-order valence-electron chi connectivity index (χ1n) is 8.36. The Kier molecular flexibility index (Phi) is 3.41. The average molecular weight is 333 g/mol. The quantitative estimate of drug-likeness (QED) is 0.887. The van der Waals surface area contributed by atoms with E-state index in [1.165, 1.54) is 19.3 Å². The Hall–Kier alpha value is -1.55. The molecule has 3 N–H and O–H groups in total. The summed E-state index contributed by atoms with van der Waals surface area (Å²) in [5.41, 5.74) is 5.96. The summed E-state index contributed by atoms with van der Waals surface area (Å²) in [5.74, 6) is 1.69. The lowest BCUT2D eigenvalue weighted by Gasteiger charge is -2.55. The third kappa shape index (κ3) is 2.53. The van der Waals surface area contributed by atoms with E-state index in [0.29, 0.717) is 10.7 Å². The minimum Gasteiger partial charge on any atom is -0.366 e. The lowest BCUT2D eigenvalue weighted by atomic mass is 9.49. The fourth-order valence-corrected chi connectivity index (χ4v) is 5.65. The highest BCUT2D eigenvalue weighted by Crippen LogP contribution is 2.60. The third-order valence-corrected chi connectivity index (χ3v) is 6.34. The summed E-state index contributed by atoms with van der Waals surface area (Å²) in [6.07, 6.45) is 6.96. The minimum atomic E-state index is -0.582. The molecule has 2 amide bonds. The molecule has 4 aliphatic rings. The van der Waals surface area contributed by atoms with E-state index in [0.717, 1.165) is 37.0 Å². The molecule has 0 aromatic heterocycles. The van der Waals surface area contributed by atoms with Gasteiger partial charge in [0.25, 0.3) is 0 Å². The molecule has 4 nitrogen and oxygen atoms in total. The number of nitrogens with one attached hydrogen (secondary N) is 1. The number of carbonyl (C=O) groups excluding carboxylic acids is 2. The Balaban J connectivity index is 1.56. The van der Waals surface area contributed by atoms with Crippen LogP contribution in [0.3, 0.4) is 0 Å². The Bertz CT molecular complexity index is 650. The maximum Gasteiger partial charge on any atom is 0.250 e. The monoisotopic (exact) mass is 332 g/mol. The van der Waals surface area contributed by atoms with E-state index in [2.05, 4.69) is 5.32 Å². The van der Waals surface area contributed by atoms with Crippen molar-refractivity contribution in [2.75, 3.05) is 5.32 Å². The lowest BCUT2D eigenvalue weighted by molar-refractivity contribution is -0.140. The Morgan fingerprint density at radius 3 is 2.17 bits per heavy atom. The summed E-state index contributed by atoms with van der Waals surface area (Å²) in [4.78, 5) is 24.4. The number of carbonyl (C=O) groups is 2. The van der Waals surface area contributed by atoms with E-state index in [9.17, 15) is 9.59 Å². The van der Waals surface area contributed by atoms with Crippen LogP contribution in [0.1, 0.15) is 48.9 Å². The van der Waals surface area contributed by atoms with Crippen molar-refractivity contribution < 1.29 is 9.59 Å². The summed E-state index contributed by atoms with van der Waals surface area (Å²) >= 11 is 5.97. The highest BCUT2D eigenvalue weighted by molar-refractivity contribution is 6.34. The average Bonchev–Trinajstić information content (AvgIpc) is 2.47. The molecule has 122 valence electrons. The van der Waals surface area contributed by atoms with Crippen molar-refractivity contribution in [3.8, 4) is 0 Å². The molecular weight excluding hydrogens is 312 g/mol. The smallest absolute Gasteiger partial charge is 0.250 e. The predicted octanol–water partition coefficient (Wildman–Crippen LogP) is 3.59. The number of benzene rings is 1. The maximum atomic E-state index is 13.0. The Morgan fingerprint density at radius 2 is 1.65 bits per heavy atom. The molecule has 0 unspecified atom stereocenters. The maximum absolute atomic E-state index is 13.0. The van der Waals surface area contributed by atoms with Gasteiger partial charge in [0.1, 0.15) is 0 Å². The van der Waals surface area contributed by atoms with Gasteiger partial charge < -0.3 is 11.1 Å². The van der Waals surface area contributed by atoms with Gasteiger partial charge in [-0.1, -0.05) is 11.6 Å². The van der Waals surface area contributed by atoms with Gasteiger partial charge in [-0.25, -0.2) is 0 Å². The van der Waals surface area contributed by atoms with Crippen molar-refractivity contribution in [2.45, 2.75) is 38.5 Å². The van der Waals surface area contributed by atoms with Gasteiger partial charge in [-0.15, -0.1) is 0 Å². The molecular formula is C18H21ClN2O2. The first kappa shape index (κ1) is 15.0. The summed E-state index contributed by atoms with van der Waals surface area (Å²) in [7, 11) is 0. The number of rotatable bonds is 3. The number of anilines is 1. The van der Waals surface area contributed by atoms with Crippen LogP contribution in [0.5, 0.6) is 0 Å². The van der Waals surface area contributed by atoms with Crippen LogP contribution in [0, 0.1) is 23.2 Å². The number of hydrogen-bond donors (Lipinski definition) is 2. The van der Waals surface area contributed by atoms with E-state index < -0.39 is 5.91 Å². The zero-order chi connectivity index (χ0) is 16.2. The zero-order valence-electron chi connectivity index (χ0n) is 13.0. The molecule has 0 atom stereocenters. The topological polar surface area (TPSA) is 72.2 Å². The molecule has 0 spiro atoms. The van der Waals surface area contributed by atoms with Crippen molar-refractivity contribution in [3.05, 3.63) is 28.8 Å². The summed E-state index contributed by atoms with van der Waals surface area (Å²) in [5, 5.41) is 3.33. The van der Waals surface area contributed by atoms with Gasteiger partial charge in [-0.05, 0) is 74.5 Å². The second-order valence-electron chi connectivity index (χ2n) is 7.71. The number of nitrogens with two attached hydrogens (primary N) is 1. The molecule has 0 heterocycles. The summed E-state index contributed by atoms with van der Waals surface area (Å²) in [6, 6.07) is 4.91. The number of primary amides is 1. The molecule has 4 bridgehead atoms. The molecule has 4 saturated carbocycles. The van der Waals surface area contributed by atoms with Gasteiger partial charge in [-0.3, -0.25) is 9.59 Å². The van der Waals surface area contributed by atoms with Crippen LogP contribution >= 0.6 is 11.6 Å². The lowest BCUT2D eigenvalue weighted by Crippen LogP contribution is -2.51. The van der Waals surface area contributed by atoms with Gasteiger partial charge in [0.2, 0.25) is 11.8 Å². The molecule has 0 radical (unpaired) electrons. The molecule has 0 aliphatic heterocycles. The second kappa shape index (κ2) is 5.23. The van der Waals surface area contributed by atoms with E-state index in [-0.39, 0.29) is 16.9 Å². The number of hydrogen-bond acceptors (Lipinski definition) is 2. The van der Waals surface area contributed by atoms with Gasteiger partial charge >= 0.3 is 0 Å². The summed E-state index contributed by atoms with van der Waals surface area (Å²) in [6.45, 7) is 0. The number of halogens is 1. The molecule has 0 saturated heterocycles. The van der Waals surface area contributed by atoms with Crippen LogP contribution in [0.2, 0.25) is 5.02 Å². The van der Waals surface area contributed by atoms with Gasteiger partial charge in [0, 0.05) is 5.69 Å². The molecule has 4 fully saturated rings. The zero-order valence-corrected chi connectivity index (χ0v) is 13.7. The largest absolute Gasteiger partial charge is 0.366 e. The van der Waals surface area contributed by atoms with Crippen LogP contribution in [-0.4, -0.2) is 11.8 Å². The van der Waals surface area contributed by atoms with Crippen LogP contribution in [0.25, 0.3) is 0 Å². The molecule has 5 heteroatoms. The van der Waals surface area contributed by atoms with Crippen molar-refractivity contribution >= 4 is 29.1 Å². The Morgan fingerprint density at radius 1 is 1.09 bits per heavy atom. The Labute approximate surface area is 140 Å². The predicted molar refractivity (Wildman–Crippen MR) is 89.2 cm³/mol. The van der Waals surface area contributed by atoms with Crippen LogP contribution in [-0.2, 0) is 4.79 Å². The van der Waals surface area contributed by atoms with Crippen LogP contribution in [0.4, 0.5) is 5.69 Å². The van der Waals surface area contributed by atoms with E-state index in [1.807, 2.05) is 0 Å². The summed E-state index contributed by atoms with van der Waals surface area (Å²) < 4.78 is 0. The minimum absolute atomic E-state index is 0.106. The fourth-order valence-electron chi connectivity index (χ4n) is 5.44. The molecule has 1 aromatic rings.